The van der Waals surface area contributed by atoms with Gasteiger partial charge in [0.25, 0.3) is 0 Å². The number of cyclic esters (lactones) is 1. The Bertz CT molecular complexity index is 986. The van der Waals surface area contributed by atoms with Crippen LogP contribution in [0.4, 0.5) is 10.5 Å². The summed E-state index contributed by atoms with van der Waals surface area (Å²) in [5.41, 5.74) is 4.42. The lowest BCUT2D eigenvalue weighted by molar-refractivity contribution is -0.105. The van der Waals surface area contributed by atoms with E-state index in [4.69, 9.17) is 4.74 Å². The van der Waals surface area contributed by atoms with Gasteiger partial charge in [-0.1, -0.05) is 31.2 Å². The van der Waals surface area contributed by atoms with E-state index in [2.05, 4.69) is 34.6 Å². The van der Waals surface area contributed by atoms with Gasteiger partial charge in [-0.15, -0.1) is 0 Å². The maximum absolute atomic E-state index is 12.0. The average molecular weight is 364 g/mol. The van der Waals surface area contributed by atoms with Gasteiger partial charge in [-0.2, -0.15) is 5.10 Å². The van der Waals surface area contributed by atoms with E-state index in [0.29, 0.717) is 31.7 Å². The van der Waals surface area contributed by atoms with Gasteiger partial charge in [0, 0.05) is 22.7 Å². The Hall–Kier alpha value is -3.35. The molecule has 7 heteroatoms. The third kappa shape index (κ3) is 3.23. The predicted octanol–water partition coefficient (Wildman–Crippen LogP) is 3.45. The predicted molar refractivity (Wildman–Crippen MR) is 103 cm³/mol. The first-order valence-electron chi connectivity index (χ1n) is 8.88. The number of carbonyl (C=O) groups excluding carboxylic acids is 2. The molecule has 138 valence electrons. The highest BCUT2D eigenvalue weighted by Gasteiger charge is 2.28. The molecule has 0 spiro atoms. The minimum atomic E-state index is -0.289. The Kier molecular flexibility index (Phi) is 4.50. The van der Waals surface area contributed by atoms with E-state index >= 15 is 0 Å². The lowest BCUT2D eigenvalue weighted by Crippen LogP contribution is -2.27. The fourth-order valence-electron chi connectivity index (χ4n) is 3.48. The van der Waals surface area contributed by atoms with Gasteiger partial charge in [0.15, 0.2) is 0 Å². The van der Waals surface area contributed by atoms with Crippen LogP contribution < -0.4 is 5.32 Å². The quantitative estimate of drug-likeness (QED) is 0.814. The Morgan fingerprint density at radius 2 is 2.30 bits per heavy atom. The molecule has 0 radical (unpaired) electrons. The zero-order valence-corrected chi connectivity index (χ0v) is 14.9. The van der Waals surface area contributed by atoms with Crippen LogP contribution in [0.15, 0.2) is 48.2 Å². The van der Waals surface area contributed by atoms with Crippen LogP contribution in [0.2, 0.25) is 0 Å². The molecular formula is C20H20N4O3. The Balaban J connectivity index is 1.70. The maximum Gasteiger partial charge on any atom is 0.414 e. The molecule has 1 aromatic heterocycles. The number of allylic oxidation sites excluding steroid dienone is 5. The van der Waals surface area contributed by atoms with Crippen molar-refractivity contribution in [2.24, 2.45) is 5.92 Å². The van der Waals surface area contributed by atoms with E-state index in [1.807, 2.05) is 30.4 Å². The third-order valence-electron chi connectivity index (χ3n) is 4.86. The van der Waals surface area contributed by atoms with Gasteiger partial charge in [0.1, 0.15) is 6.61 Å². The highest BCUT2D eigenvalue weighted by atomic mass is 16.6. The van der Waals surface area contributed by atoms with E-state index in [-0.39, 0.29) is 12.0 Å². The van der Waals surface area contributed by atoms with Gasteiger partial charge in [0.05, 0.1) is 17.8 Å². The smallest absolute Gasteiger partial charge is 0.414 e. The molecular weight excluding hydrogens is 344 g/mol. The number of hydrogen-bond donors (Lipinski definition) is 2. The molecule has 2 aliphatic rings. The summed E-state index contributed by atoms with van der Waals surface area (Å²) in [6.07, 6.45) is 9.18. The minimum absolute atomic E-state index is 0.118. The minimum Gasteiger partial charge on any atom is -0.447 e. The van der Waals surface area contributed by atoms with Crippen LogP contribution in [-0.2, 0) is 9.53 Å². The van der Waals surface area contributed by atoms with E-state index in [9.17, 15) is 9.59 Å². The first-order chi connectivity index (χ1) is 13.2. The Labute approximate surface area is 156 Å². The number of nitrogens with zero attached hydrogens (tertiary/aromatic N) is 2. The molecule has 4 rings (SSSR count). The summed E-state index contributed by atoms with van der Waals surface area (Å²) < 4.78 is 5.09. The summed E-state index contributed by atoms with van der Waals surface area (Å²) in [7, 11) is 0. The van der Waals surface area contributed by atoms with Gasteiger partial charge >= 0.3 is 6.09 Å². The number of H-pyrrole nitrogens is 1. The second kappa shape index (κ2) is 7.11. The van der Waals surface area contributed by atoms with Crippen molar-refractivity contribution < 1.29 is 14.3 Å². The monoisotopic (exact) mass is 364 g/mol. The van der Waals surface area contributed by atoms with E-state index in [1.54, 1.807) is 4.90 Å². The number of aromatic amines is 1. The lowest BCUT2D eigenvalue weighted by Gasteiger charge is -2.22. The molecule has 1 atom stereocenters. The second-order valence-corrected chi connectivity index (χ2v) is 6.56. The van der Waals surface area contributed by atoms with E-state index < -0.39 is 0 Å². The van der Waals surface area contributed by atoms with Crippen LogP contribution in [0.1, 0.15) is 19.0 Å². The van der Waals surface area contributed by atoms with E-state index in [0.717, 1.165) is 27.9 Å². The average Bonchev–Trinajstić information content (AvgIpc) is 3.25. The number of hydrogen-bond acceptors (Lipinski definition) is 4. The van der Waals surface area contributed by atoms with Crippen LogP contribution in [0, 0.1) is 5.92 Å². The van der Waals surface area contributed by atoms with Crippen LogP contribution >= 0.6 is 0 Å². The SMILES string of the molecule is CC1C=C/C=C(/c2n[nH]c3ccc(NC=O)cc23)C/C=C\1N1CCOC1=O. The second-order valence-electron chi connectivity index (χ2n) is 6.56. The molecule has 1 aliphatic carbocycles. The number of aromatic nitrogens is 2. The van der Waals surface area contributed by atoms with Crippen molar-refractivity contribution in [3.63, 3.8) is 0 Å². The number of fused-ring (bicyclic) bond motifs is 1. The first-order valence-corrected chi connectivity index (χ1v) is 8.88. The number of carbonyl (C=O) groups is 2. The van der Waals surface area contributed by atoms with Crippen molar-refractivity contribution in [1.29, 1.82) is 0 Å². The fourth-order valence-corrected chi connectivity index (χ4v) is 3.48. The molecule has 1 fully saturated rings. The summed E-state index contributed by atoms with van der Waals surface area (Å²) in [4.78, 5) is 24.4. The topological polar surface area (TPSA) is 87.3 Å². The number of ether oxygens (including phenoxy) is 1. The maximum atomic E-state index is 12.0. The Morgan fingerprint density at radius 3 is 3.07 bits per heavy atom. The van der Waals surface area contributed by atoms with Crippen LogP contribution in [-0.4, -0.2) is 40.8 Å². The van der Waals surface area contributed by atoms with Crippen molar-refractivity contribution in [3.8, 4) is 0 Å². The molecule has 27 heavy (non-hydrogen) atoms. The highest BCUT2D eigenvalue weighted by Crippen LogP contribution is 2.31. The van der Waals surface area contributed by atoms with Crippen molar-refractivity contribution in [2.75, 3.05) is 18.5 Å². The normalized spacial score (nSPS) is 23.8. The summed E-state index contributed by atoms with van der Waals surface area (Å²) in [5, 5.41) is 11.1. The summed E-state index contributed by atoms with van der Waals surface area (Å²) in [5.74, 6) is 0.118. The molecule has 2 aromatic rings. The van der Waals surface area contributed by atoms with Crippen molar-refractivity contribution in [1.82, 2.24) is 15.1 Å². The van der Waals surface area contributed by atoms with E-state index in [1.165, 1.54) is 0 Å². The molecule has 7 nitrogen and oxygen atoms in total. The molecule has 2 amide bonds. The number of nitrogens with one attached hydrogen (secondary N) is 2. The summed E-state index contributed by atoms with van der Waals surface area (Å²) >= 11 is 0. The Morgan fingerprint density at radius 1 is 1.41 bits per heavy atom. The summed E-state index contributed by atoms with van der Waals surface area (Å²) in [6.45, 7) is 3.06. The van der Waals surface area contributed by atoms with Crippen LogP contribution in [0.3, 0.4) is 0 Å². The molecule has 0 bridgehead atoms. The summed E-state index contributed by atoms with van der Waals surface area (Å²) in [6, 6.07) is 5.61. The highest BCUT2D eigenvalue weighted by molar-refractivity contribution is 5.94. The number of benzene rings is 1. The van der Waals surface area contributed by atoms with Gasteiger partial charge in [-0.25, -0.2) is 4.79 Å². The number of amides is 2. The van der Waals surface area contributed by atoms with Crippen molar-refractivity contribution >= 4 is 34.7 Å². The zero-order chi connectivity index (χ0) is 18.8. The molecule has 1 aromatic carbocycles. The molecule has 2 heterocycles. The van der Waals surface area contributed by atoms with Crippen LogP contribution in [0.5, 0.6) is 0 Å². The largest absolute Gasteiger partial charge is 0.447 e. The van der Waals surface area contributed by atoms with Crippen LogP contribution in [0.25, 0.3) is 16.5 Å². The fraction of sp³-hybridized carbons (Fsp3) is 0.250. The van der Waals surface area contributed by atoms with Gasteiger partial charge in [-0.3, -0.25) is 14.8 Å². The molecule has 1 saturated heterocycles. The van der Waals surface area contributed by atoms with Crippen molar-refractivity contribution in [3.05, 3.63) is 53.9 Å². The molecule has 0 saturated carbocycles. The van der Waals surface area contributed by atoms with Gasteiger partial charge in [0.2, 0.25) is 6.41 Å². The third-order valence-corrected chi connectivity index (χ3v) is 4.86. The number of rotatable bonds is 4. The standard InChI is InChI=1S/C20H20N4O3/c1-13-3-2-4-14(5-8-18(13)24-9-10-27-20(24)26)19-16-11-15(21-12-25)6-7-17(16)22-23-19/h2-4,6-8,11-13H,5,9-10H2,1H3,(H,21,25)(H,22,23)/b3-2?,14-4+,18-8+. The number of anilines is 1. The lowest BCUT2D eigenvalue weighted by atomic mass is 9.97. The molecule has 1 unspecified atom stereocenters. The van der Waals surface area contributed by atoms with Gasteiger partial charge in [-0.05, 0) is 30.2 Å². The molecule has 1 aliphatic heterocycles. The first kappa shape index (κ1) is 17.1. The zero-order valence-electron chi connectivity index (χ0n) is 14.9. The van der Waals surface area contributed by atoms with Gasteiger partial charge < -0.3 is 10.1 Å². The molecule has 2 N–H and O–H groups in total. The van der Waals surface area contributed by atoms with Crippen molar-refractivity contribution in [2.45, 2.75) is 13.3 Å².